The maximum Gasteiger partial charge on any atom is 0.252 e. The van der Waals surface area contributed by atoms with E-state index in [1.54, 1.807) is 6.07 Å². The van der Waals surface area contributed by atoms with Gasteiger partial charge in [-0.3, -0.25) is 4.79 Å². The van der Waals surface area contributed by atoms with Gasteiger partial charge in [-0.25, -0.2) is 8.42 Å². The van der Waals surface area contributed by atoms with E-state index in [1.165, 1.54) is 22.5 Å². The van der Waals surface area contributed by atoms with Crippen LogP contribution in [0.15, 0.2) is 47.4 Å². The van der Waals surface area contributed by atoms with E-state index < -0.39 is 15.9 Å². The van der Waals surface area contributed by atoms with Crippen molar-refractivity contribution in [2.45, 2.75) is 17.9 Å². The summed E-state index contributed by atoms with van der Waals surface area (Å²) in [7, 11) is -3.71. The van der Waals surface area contributed by atoms with E-state index in [9.17, 15) is 13.2 Å². The molecule has 0 aliphatic carbocycles. The molecule has 32 heavy (non-hydrogen) atoms. The lowest BCUT2D eigenvalue weighted by Gasteiger charge is -2.33. The number of para-hydroxylation sites is 2. The minimum absolute atomic E-state index is 0.0585. The van der Waals surface area contributed by atoms with Crippen LogP contribution in [0.4, 0.5) is 0 Å². The number of rotatable bonds is 6. The molecule has 0 bridgehead atoms. The average molecular weight is 480 g/mol. The molecule has 2 aliphatic heterocycles. The van der Waals surface area contributed by atoms with Crippen molar-refractivity contribution >= 4 is 27.5 Å². The normalized spacial score (nSPS) is 19.5. The molecule has 1 amide bonds. The number of fused-ring (bicyclic) bond motifs is 1. The Morgan fingerprint density at radius 3 is 2.56 bits per heavy atom. The summed E-state index contributed by atoms with van der Waals surface area (Å²) in [5.41, 5.74) is 0.108. The molecule has 2 heterocycles. The van der Waals surface area contributed by atoms with Crippen molar-refractivity contribution in [3.05, 3.63) is 53.1 Å². The molecular formula is C22H26ClN3O5S. The largest absolute Gasteiger partial charge is 0.486 e. The van der Waals surface area contributed by atoms with Crippen molar-refractivity contribution in [3.63, 3.8) is 0 Å². The highest BCUT2D eigenvalue weighted by Gasteiger charge is 2.29. The summed E-state index contributed by atoms with van der Waals surface area (Å²) in [5, 5.41) is 2.95. The Labute approximate surface area is 193 Å². The topological polar surface area (TPSA) is 88.2 Å². The molecule has 0 spiro atoms. The van der Waals surface area contributed by atoms with Gasteiger partial charge < -0.3 is 19.7 Å². The van der Waals surface area contributed by atoms with Crippen LogP contribution in [0.5, 0.6) is 11.5 Å². The van der Waals surface area contributed by atoms with Crippen molar-refractivity contribution in [1.29, 1.82) is 0 Å². The zero-order chi connectivity index (χ0) is 22.7. The van der Waals surface area contributed by atoms with Crippen molar-refractivity contribution in [1.82, 2.24) is 14.5 Å². The molecule has 0 unspecified atom stereocenters. The Morgan fingerprint density at radius 2 is 1.84 bits per heavy atom. The van der Waals surface area contributed by atoms with Crippen LogP contribution in [-0.4, -0.2) is 75.5 Å². The monoisotopic (exact) mass is 479 g/mol. The van der Waals surface area contributed by atoms with E-state index in [2.05, 4.69) is 17.1 Å². The van der Waals surface area contributed by atoms with Crippen LogP contribution in [0.3, 0.4) is 0 Å². The van der Waals surface area contributed by atoms with Gasteiger partial charge in [0.1, 0.15) is 12.7 Å². The fraction of sp³-hybridized carbons (Fsp3) is 0.409. The molecule has 2 aromatic carbocycles. The summed E-state index contributed by atoms with van der Waals surface area (Å²) in [5.74, 6) is 0.813. The number of benzene rings is 2. The summed E-state index contributed by atoms with van der Waals surface area (Å²) in [6.07, 6.45) is -0.366. The number of halogens is 1. The fourth-order valence-corrected chi connectivity index (χ4v) is 5.39. The van der Waals surface area contributed by atoms with Crippen LogP contribution >= 0.6 is 11.6 Å². The lowest BCUT2D eigenvalue weighted by atomic mass is 10.2. The maximum atomic E-state index is 13.1. The molecule has 4 rings (SSSR count). The third kappa shape index (κ3) is 4.85. The highest BCUT2D eigenvalue weighted by Crippen LogP contribution is 2.30. The van der Waals surface area contributed by atoms with Crippen molar-refractivity contribution < 1.29 is 22.7 Å². The number of likely N-dealkylation sites (N-methyl/N-ethyl adjacent to an activating group) is 1. The first-order chi connectivity index (χ1) is 15.4. The Bertz CT molecular complexity index is 1090. The first-order valence-corrected chi connectivity index (χ1v) is 12.4. The Kier molecular flexibility index (Phi) is 6.90. The Morgan fingerprint density at radius 1 is 1.12 bits per heavy atom. The van der Waals surface area contributed by atoms with Gasteiger partial charge >= 0.3 is 0 Å². The second-order valence-corrected chi connectivity index (χ2v) is 10.0. The number of nitrogens with zero attached hydrogens (tertiary/aromatic N) is 2. The lowest BCUT2D eigenvalue weighted by Crippen LogP contribution is -2.48. The van der Waals surface area contributed by atoms with E-state index >= 15 is 0 Å². The van der Waals surface area contributed by atoms with Crippen molar-refractivity contribution in [2.75, 3.05) is 45.9 Å². The van der Waals surface area contributed by atoms with Crippen LogP contribution in [0, 0.1) is 0 Å². The molecule has 8 nitrogen and oxygen atoms in total. The molecule has 1 fully saturated rings. The minimum atomic E-state index is -3.71. The molecule has 172 valence electrons. The molecule has 0 saturated carbocycles. The number of ether oxygens (including phenoxy) is 2. The molecular weight excluding hydrogens is 454 g/mol. The molecule has 2 aromatic rings. The maximum absolute atomic E-state index is 13.1. The van der Waals surface area contributed by atoms with E-state index in [-0.39, 0.29) is 28.1 Å². The van der Waals surface area contributed by atoms with Crippen molar-refractivity contribution in [3.8, 4) is 11.5 Å². The highest BCUT2D eigenvalue weighted by molar-refractivity contribution is 7.89. The average Bonchev–Trinajstić information content (AvgIpc) is 2.82. The molecule has 1 N–H and O–H groups in total. The third-order valence-corrected chi connectivity index (χ3v) is 7.88. The summed E-state index contributed by atoms with van der Waals surface area (Å²) in [6, 6.07) is 11.5. The van der Waals surface area contributed by atoms with Gasteiger partial charge in [-0.1, -0.05) is 30.7 Å². The SMILES string of the molecule is CCN1CCN(S(=O)(=O)c2ccc(Cl)c(C(=O)NC[C@H]3COc4ccccc4O3)c2)CC1. The van der Waals surface area contributed by atoms with Gasteiger partial charge in [0, 0.05) is 26.2 Å². The van der Waals surface area contributed by atoms with Crippen LogP contribution in [0.25, 0.3) is 0 Å². The minimum Gasteiger partial charge on any atom is -0.486 e. The van der Waals surface area contributed by atoms with E-state index in [0.717, 1.165) is 6.54 Å². The van der Waals surface area contributed by atoms with Gasteiger partial charge in [0.05, 0.1) is 22.0 Å². The van der Waals surface area contributed by atoms with Crippen LogP contribution in [0.1, 0.15) is 17.3 Å². The smallest absolute Gasteiger partial charge is 0.252 e. The molecule has 0 aromatic heterocycles. The number of hydrogen-bond acceptors (Lipinski definition) is 6. The number of amides is 1. The standard InChI is InChI=1S/C22H26ClN3O5S/c1-2-25-9-11-26(12-10-25)32(28,29)17-7-8-19(23)18(13-17)22(27)24-14-16-15-30-20-5-3-4-6-21(20)31-16/h3-8,13,16H,2,9-12,14-15H2,1H3,(H,24,27)/t16-/m0/s1. The van der Waals surface area contributed by atoms with Crippen LogP contribution in [-0.2, 0) is 10.0 Å². The predicted molar refractivity (Wildman–Crippen MR) is 121 cm³/mol. The highest BCUT2D eigenvalue weighted by atomic mass is 35.5. The number of carbonyl (C=O) groups excluding carboxylic acids is 1. The number of nitrogens with one attached hydrogen (secondary N) is 1. The molecule has 1 atom stereocenters. The van der Waals surface area contributed by atoms with Gasteiger partial charge in [0.25, 0.3) is 5.91 Å². The summed E-state index contributed by atoms with van der Waals surface area (Å²) < 4.78 is 39.1. The molecule has 1 saturated heterocycles. The number of hydrogen-bond donors (Lipinski definition) is 1. The summed E-state index contributed by atoms with van der Waals surface area (Å²) >= 11 is 6.22. The zero-order valence-corrected chi connectivity index (χ0v) is 19.4. The predicted octanol–water partition coefficient (Wildman–Crippen LogP) is 2.24. The van der Waals surface area contributed by atoms with Gasteiger partial charge in [-0.2, -0.15) is 4.31 Å². The second kappa shape index (κ2) is 9.66. The molecule has 0 radical (unpaired) electrons. The van der Waals surface area contributed by atoms with Gasteiger partial charge in [0.15, 0.2) is 11.5 Å². The number of carbonyl (C=O) groups is 1. The Hall–Kier alpha value is -2.33. The third-order valence-electron chi connectivity index (χ3n) is 5.66. The quantitative estimate of drug-likeness (QED) is 0.683. The number of sulfonamides is 1. The van der Waals surface area contributed by atoms with Gasteiger partial charge in [-0.15, -0.1) is 0 Å². The lowest BCUT2D eigenvalue weighted by molar-refractivity contribution is 0.0789. The van der Waals surface area contributed by atoms with E-state index in [4.69, 9.17) is 21.1 Å². The van der Waals surface area contributed by atoms with Crippen molar-refractivity contribution in [2.24, 2.45) is 0 Å². The Balaban J connectivity index is 1.43. The summed E-state index contributed by atoms with van der Waals surface area (Å²) in [4.78, 5) is 15.0. The molecule has 2 aliphatic rings. The zero-order valence-electron chi connectivity index (χ0n) is 17.8. The van der Waals surface area contributed by atoms with Crippen LogP contribution in [0.2, 0.25) is 5.02 Å². The fourth-order valence-electron chi connectivity index (χ4n) is 3.74. The molecule has 10 heteroatoms. The number of piperazine rings is 1. The van der Waals surface area contributed by atoms with E-state index in [1.807, 2.05) is 18.2 Å². The first kappa shape index (κ1) is 22.8. The van der Waals surface area contributed by atoms with E-state index in [0.29, 0.717) is 44.3 Å². The summed E-state index contributed by atoms with van der Waals surface area (Å²) in [6.45, 7) is 5.63. The second-order valence-electron chi connectivity index (χ2n) is 7.69. The van der Waals surface area contributed by atoms with Gasteiger partial charge in [-0.05, 0) is 36.9 Å². The van der Waals surface area contributed by atoms with Crippen LogP contribution < -0.4 is 14.8 Å². The van der Waals surface area contributed by atoms with Gasteiger partial charge in [0.2, 0.25) is 10.0 Å². The first-order valence-electron chi connectivity index (χ1n) is 10.6.